The lowest BCUT2D eigenvalue weighted by molar-refractivity contribution is 0.0506. The fourth-order valence-corrected chi connectivity index (χ4v) is 3.18. The molecule has 0 bridgehead atoms. The summed E-state index contributed by atoms with van der Waals surface area (Å²) in [7, 11) is 0. The molecule has 3 aromatic rings. The number of H-pyrrole nitrogens is 1. The lowest BCUT2D eigenvalue weighted by Gasteiger charge is -2.26. The van der Waals surface area contributed by atoms with E-state index in [1.165, 1.54) is 5.56 Å². The topological polar surface area (TPSA) is 96.1 Å². The number of benzene rings is 2. The molecule has 0 aliphatic carbocycles. The summed E-state index contributed by atoms with van der Waals surface area (Å²) in [6.07, 6.45) is 0.239. The molecule has 32 heavy (non-hydrogen) atoms. The number of ether oxygens (including phenoxy) is 1. The third-order valence-electron chi connectivity index (χ3n) is 4.85. The van der Waals surface area contributed by atoms with E-state index in [4.69, 9.17) is 4.74 Å². The van der Waals surface area contributed by atoms with E-state index in [0.717, 1.165) is 16.9 Å². The lowest BCUT2D eigenvalue weighted by atomic mass is 9.93. The molecule has 0 saturated carbocycles. The van der Waals surface area contributed by atoms with Gasteiger partial charge in [0, 0.05) is 25.1 Å². The van der Waals surface area contributed by atoms with Crippen LogP contribution in [0.15, 0.2) is 48.5 Å². The summed E-state index contributed by atoms with van der Waals surface area (Å²) < 4.78 is 5.26. The van der Waals surface area contributed by atoms with E-state index in [1.807, 2.05) is 58.9 Å². The first-order valence-electron chi connectivity index (χ1n) is 10.8. The van der Waals surface area contributed by atoms with Crippen molar-refractivity contribution >= 4 is 23.0 Å². The van der Waals surface area contributed by atoms with Gasteiger partial charge in [0.15, 0.2) is 0 Å². The van der Waals surface area contributed by atoms with Crippen molar-refractivity contribution < 1.29 is 14.3 Å². The molecule has 7 nitrogen and oxygen atoms in total. The van der Waals surface area contributed by atoms with Gasteiger partial charge in [-0.15, -0.1) is 0 Å². The van der Waals surface area contributed by atoms with Gasteiger partial charge in [-0.3, -0.25) is 4.79 Å². The van der Waals surface area contributed by atoms with E-state index < -0.39 is 11.7 Å². The third kappa shape index (κ3) is 6.83. The Bertz CT molecular complexity index is 1080. The Morgan fingerprint density at radius 1 is 0.969 bits per heavy atom. The molecule has 7 heteroatoms. The van der Waals surface area contributed by atoms with Gasteiger partial charge in [-0.2, -0.15) is 0 Å². The highest BCUT2D eigenvalue weighted by Crippen LogP contribution is 2.17. The molecule has 0 saturated heterocycles. The Balaban J connectivity index is 1.57. The largest absolute Gasteiger partial charge is 0.444 e. The van der Waals surface area contributed by atoms with Crippen LogP contribution in [-0.4, -0.2) is 40.7 Å². The first-order valence-corrected chi connectivity index (χ1v) is 10.8. The van der Waals surface area contributed by atoms with Crippen molar-refractivity contribution in [3.05, 3.63) is 65.5 Å². The minimum atomic E-state index is -0.547. The molecule has 0 aliphatic heterocycles. The molecule has 0 fully saturated rings. The number of nitrogens with zero attached hydrogens (tertiary/aromatic N) is 1. The number of fused-ring (bicyclic) bond motifs is 1. The smallest absolute Gasteiger partial charge is 0.407 e. The van der Waals surface area contributed by atoms with Gasteiger partial charge in [-0.1, -0.05) is 44.2 Å². The quantitative estimate of drug-likeness (QED) is 0.510. The molecular weight excluding hydrogens is 404 g/mol. The number of carbonyl (C=O) groups is 2. The summed E-state index contributed by atoms with van der Waals surface area (Å²) in [5, 5.41) is 5.72. The first-order chi connectivity index (χ1) is 15.0. The Labute approximate surface area is 189 Å². The number of amides is 2. The van der Waals surface area contributed by atoms with Crippen LogP contribution in [0.3, 0.4) is 0 Å². The Kier molecular flexibility index (Phi) is 6.87. The van der Waals surface area contributed by atoms with Crippen molar-refractivity contribution in [2.45, 2.75) is 46.6 Å². The normalized spacial score (nSPS) is 11.9. The van der Waals surface area contributed by atoms with Crippen LogP contribution in [0.2, 0.25) is 0 Å². The van der Waals surface area contributed by atoms with E-state index in [2.05, 4.69) is 32.7 Å². The average Bonchev–Trinajstić information content (AvgIpc) is 3.11. The van der Waals surface area contributed by atoms with Gasteiger partial charge in [-0.05, 0) is 49.9 Å². The zero-order valence-electron chi connectivity index (χ0n) is 19.4. The van der Waals surface area contributed by atoms with Crippen LogP contribution in [0, 0.1) is 5.41 Å². The molecule has 1 heterocycles. The number of rotatable bonds is 7. The minimum Gasteiger partial charge on any atom is -0.444 e. The summed E-state index contributed by atoms with van der Waals surface area (Å²) in [4.78, 5) is 32.5. The fraction of sp³-hybridized carbons (Fsp3) is 0.400. The zero-order valence-corrected chi connectivity index (χ0v) is 19.4. The third-order valence-corrected chi connectivity index (χ3v) is 4.85. The van der Waals surface area contributed by atoms with Gasteiger partial charge in [0.05, 0.1) is 11.0 Å². The second-order valence-corrected chi connectivity index (χ2v) is 9.78. The summed E-state index contributed by atoms with van der Waals surface area (Å²) >= 11 is 0. The molecule has 0 atom stereocenters. The lowest BCUT2D eigenvalue weighted by Crippen LogP contribution is -2.43. The van der Waals surface area contributed by atoms with Crippen LogP contribution >= 0.6 is 0 Å². The summed E-state index contributed by atoms with van der Waals surface area (Å²) in [5.74, 6) is 0.683. The maximum absolute atomic E-state index is 12.7. The number of hydrogen-bond donors (Lipinski definition) is 3. The standard InChI is InChI=1S/C25H32N4O3/c1-24(2,3)32-23(31)27-16-25(4,5)15-26-22(30)18-11-12-19-20(14-18)29-21(28-19)13-17-9-7-6-8-10-17/h6-12,14H,13,15-16H2,1-5H3,(H,26,30)(H,27,31)(H,28,29). The molecule has 3 N–H and O–H groups in total. The SMILES string of the molecule is CC(C)(CNC(=O)OC(C)(C)C)CNC(=O)c1ccc2[nH]c(Cc3ccccc3)nc2c1. The van der Waals surface area contributed by atoms with Crippen molar-refractivity contribution in [1.82, 2.24) is 20.6 Å². The van der Waals surface area contributed by atoms with Crippen molar-refractivity contribution in [2.24, 2.45) is 5.41 Å². The molecular formula is C25H32N4O3. The van der Waals surface area contributed by atoms with Crippen LogP contribution in [0.5, 0.6) is 0 Å². The van der Waals surface area contributed by atoms with E-state index in [-0.39, 0.29) is 11.3 Å². The van der Waals surface area contributed by atoms with Crippen LogP contribution in [0.1, 0.15) is 56.4 Å². The number of nitrogens with one attached hydrogen (secondary N) is 3. The maximum Gasteiger partial charge on any atom is 0.407 e. The highest BCUT2D eigenvalue weighted by molar-refractivity contribution is 5.97. The molecule has 3 rings (SSSR count). The Hall–Kier alpha value is -3.35. The van der Waals surface area contributed by atoms with Crippen molar-refractivity contribution in [3.63, 3.8) is 0 Å². The second-order valence-electron chi connectivity index (χ2n) is 9.78. The van der Waals surface area contributed by atoms with Gasteiger partial charge in [0.2, 0.25) is 0 Å². The molecule has 0 radical (unpaired) electrons. The maximum atomic E-state index is 12.7. The predicted molar refractivity (Wildman–Crippen MR) is 126 cm³/mol. The summed E-state index contributed by atoms with van der Waals surface area (Å²) in [6, 6.07) is 15.6. The number of imidazole rings is 1. The zero-order chi connectivity index (χ0) is 23.4. The van der Waals surface area contributed by atoms with Crippen molar-refractivity contribution in [3.8, 4) is 0 Å². The van der Waals surface area contributed by atoms with E-state index >= 15 is 0 Å². The number of aromatic nitrogens is 2. The van der Waals surface area contributed by atoms with Gasteiger partial charge >= 0.3 is 6.09 Å². The Morgan fingerprint density at radius 2 is 1.66 bits per heavy atom. The van der Waals surface area contributed by atoms with Crippen molar-refractivity contribution in [2.75, 3.05) is 13.1 Å². The van der Waals surface area contributed by atoms with E-state index in [9.17, 15) is 9.59 Å². The molecule has 2 aromatic carbocycles. The van der Waals surface area contributed by atoms with E-state index in [0.29, 0.717) is 25.1 Å². The van der Waals surface area contributed by atoms with Gasteiger partial charge in [0.1, 0.15) is 11.4 Å². The van der Waals surface area contributed by atoms with Crippen LogP contribution < -0.4 is 10.6 Å². The monoisotopic (exact) mass is 436 g/mol. The fourth-order valence-electron chi connectivity index (χ4n) is 3.18. The van der Waals surface area contributed by atoms with Gasteiger partial charge < -0.3 is 20.4 Å². The molecule has 1 aromatic heterocycles. The molecule has 2 amide bonds. The first kappa shape index (κ1) is 23.3. The second kappa shape index (κ2) is 9.42. The predicted octanol–water partition coefficient (Wildman–Crippen LogP) is 4.43. The van der Waals surface area contributed by atoms with Crippen LogP contribution in [0.4, 0.5) is 4.79 Å². The molecule has 0 unspecified atom stereocenters. The highest BCUT2D eigenvalue weighted by Gasteiger charge is 2.23. The number of alkyl carbamates (subject to hydrolysis) is 1. The van der Waals surface area contributed by atoms with E-state index in [1.54, 1.807) is 12.1 Å². The molecule has 170 valence electrons. The van der Waals surface area contributed by atoms with Crippen LogP contribution in [-0.2, 0) is 11.2 Å². The average molecular weight is 437 g/mol. The summed E-state index contributed by atoms with van der Waals surface area (Å²) in [5.41, 5.74) is 2.49. The number of carbonyl (C=O) groups excluding carboxylic acids is 2. The minimum absolute atomic E-state index is 0.176. The summed E-state index contributed by atoms with van der Waals surface area (Å²) in [6.45, 7) is 10.2. The Morgan fingerprint density at radius 3 is 2.34 bits per heavy atom. The van der Waals surface area contributed by atoms with Gasteiger partial charge in [-0.25, -0.2) is 9.78 Å². The molecule has 0 aliphatic rings. The van der Waals surface area contributed by atoms with Crippen molar-refractivity contribution in [1.29, 1.82) is 0 Å². The van der Waals surface area contributed by atoms with Crippen LogP contribution in [0.25, 0.3) is 11.0 Å². The highest BCUT2D eigenvalue weighted by atomic mass is 16.6. The molecule has 0 spiro atoms. The number of hydrogen-bond acceptors (Lipinski definition) is 4. The van der Waals surface area contributed by atoms with Gasteiger partial charge in [0.25, 0.3) is 5.91 Å². The number of aromatic amines is 1.